The summed E-state index contributed by atoms with van der Waals surface area (Å²) in [5.41, 5.74) is 5.52. The van der Waals surface area contributed by atoms with E-state index < -0.39 is 0 Å². The van der Waals surface area contributed by atoms with E-state index in [2.05, 4.69) is 70.5 Å². The summed E-state index contributed by atoms with van der Waals surface area (Å²) >= 11 is 3.13. The fourth-order valence-electron chi connectivity index (χ4n) is 4.23. The third-order valence-corrected chi connectivity index (χ3v) is 7.86. The van der Waals surface area contributed by atoms with Gasteiger partial charge in [-0.25, -0.2) is 0 Å². The Morgan fingerprint density at radius 3 is 2.57 bits per heavy atom. The van der Waals surface area contributed by atoms with Crippen LogP contribution in [-0.2, 0) is 11.3 Å². The van der Waals surface area contributed by atoms with Crippen molar-refractivity contribution in [3.8, 4) is 22.5 Å². The zero-order valence-corrected chi connectivity index (χ0v) is 21.5. The summed E-state index contributed by atoms with van der Waals surface area (Å²) in [7, 11) is 0. The maximum absolute atomic E-state index is 12.8. The Balaban J connectivity index is 1.36. The lowest BCUT2D eigenvalue weighted by atomic mass is 10.0. The quantitative estimate of drug-likeness (QED) is 0.241. The Bertz CT molecular complexity index is 1500. The Morgan fingerprint density at radius 1 is 1.00 bits per heavy atom. The van der Waals surface area contributed by atoms with Gasteiger partial charge in [0.15, 0.2) is 11.0 Å². The second-order valence-corrected chi connectivity index (χ2v) is 10.4. The number of nitrogens with zero attached hydrogens (tertiary/aromatic N) is 3. The average molecular weight is 499 g/mol. The van der Waals surface area contributed by atoms with Crippen molar-refractivity contribution < 1.29 is 4.79 Å². The highest BCUT2D eigenvalue weighted by Gasteiger charge is 2.20. The first kappa shape index (κ1) is 23.3. The van der Waals surface area contributed by atoms with Gasteiger partial charge in [0, 0.05) is 39.0 Å². The molecule has 1 N–H and O–H groups in total. The predicted octanol–water partition coefficient (Wildman–Crippen LogP) is 7.19. The average Bonchev–Trinajstić information content (AvgIpc) is 3.46. The van der Waals surface area contributed by atoms with Crippen LogP contribution in [0.1, 0.15) is 17.4 Å². The summed E-state index contributed by atoms with van der Waals surface area (Å²) in [5.74, 6) is 1.03. The molecule has 0 aliphatic rings. The first-order valence-corrected chi connectivity index (χ1v) is 13.4. The molecule has 0 bridgehead atoms. The summed E-state index contributed by atoms with van der Waals surface area (Å²) < 4.78 is 2.09. The van der Waals surface area contributed by atoms with Crippen LogP contribution < -0.4 is 5.32 Å². The first-order valence-electron chi connectivity index (χ1n) is 11.5. The summed E-state index contributed by atoms with van der Waals surface area (Å²) in [5, 5.41) is 17.1. The van der Waals surface area contributed by atoms with E-state index in [1.165, 1.54) is 33.3 Å². The zero-order chi connectivity index (χ0) is 24.4. The SMILES string of the molecule is CCn1c(SCC(=O)Nc2cccc3ccccc23)nnc1-c1csc(C)c1-c1ccc(C)cc1. The fraction of sp³-hybridized carbons (Fsp3) is 0.179. The molecule has 0 unspecified atom stereocenters. The highest BCUT2D eigenvalue weighted by molar-refractivity contribution is 7.99. The Kier molecular flexibility index (Phi) is 6.70. The molecule has 3 aromatic carbocycles. The van der Waals surface area contributed by atoms with Gasteiger partial charge in [0.25, 0.3) is 0 Å². The van der Waals surface area contributed by atoms with Crippen LogP contribution in [0.4, 0.5) is 5.69 Å². The topological polar surface area (TPSA) is 59.8 Å². The van der Waals surface area contributed by atoms with E-state index in [-0.39, 0.29) is 11.7 Å². The molecule has 0 saturated heterocycles. The van der Waals surface area contributed by atoms with Crippen molar-refractivity contribution in [1.82, 2.24) is 14.8 Å². The number of anilines is 1. The van der Waals surface area contributed by atoms with Crippen molar-refractivity contribution in [1.29, 1.82) is 0 Å². The van der Waals surface area contributed by atoms with Crippen LogP contribution in [0, 0.1) is 13.8 Å². The highest BCUT2D eigenvalue weighted by Crippen LogP contribution is 2.39. The zero-order valence-electron chi connectivity index (χ0n) is 19.9. The van der Waals surface area contributed by atoms with E-state index in [1.54, 1.807) is 11.3 Å². The largest absolute Gasteiger partial charge is 0.325 e. The highest BCUT2D eigenvalue weighted by atomic mass is 32.2. The number of thiophene rings is 1. The lowest BCUT2D eigenvalue weighted by Crippen LogP contribution is -2.15. The van der Waals surface area contributed by atoms with Gasteiger partial charge in [0.1, 0.15) is 0 Å². The van der Waals surface area contributed by atoms with E-state index in [4.69, 9.17) is 0 Å². The van der Waals surface area contributed by atoms with Crippen molar-refractivity contribution in [3.63, 3.8) is 0 Å². The molecule has 0 aliphatic heterocycles. The number of thioether (sulfide) groups is 1. The number of nitrogens with one attached hydrogen (secondary N) is 1. The fourth-order valence-corrected chi connectivity index (χ4v) is 5.89. The van der Waals surface area contributed by atoms with Crippen LogP contribution in [0.2, 0.25) is 0 Å². The molecule has 1 amide bonds. The molecule has 0 aliphatic carbocycles. The molecule has 7 heteroatoms. The van der Waals surface area contributed by atoms with Crippen LogP contribution in [0.3, 0.4) is 0 Å². The molecule has 0 fully saturated rings. The molecule has 0 atom stereocenters. The number of hydrogen-bond donors (Lipinski definition) is 1. The van der Waals surface area contributed by atoms with Gasteiger partial charge in [-0.15, -0.1) is 21.5 Å². The summed E-state index contributed by atoms with van der Waals surface area (Å²) in [6.07, 6.45) is 0. The minimum absolute atomic E-state index is 0.0646. The van der Waals surface area contributed by atoms with Crippen LogP contribution in [-0.4, -0.2) is 26.4 Å². The van der Waals surface area contributed by atoms with Gasteiger partial charge in [-0.2, -0.15) is 0 Å². The lowest BCUT2D eigenvalue weighted by molar-refractivity contribution is -0.113. The van der Waals surface area contributed by atoms with Crippen molar-refractivity contribution in [2.24, 2.45) is 0 Å². The van der Waals surface area contributed by atoms with E-state index in [0.717, 1.165) is 39.5 Å². The standard InChI is InChI=1S/C28H26N4OS2/c1-4-32-27(23-16-34-19(3)26(23)21-14-12-18(2)13-15-21)30-31-28(32)35-17-25(33)29-24-11-7-9-20-8-5-6-10-22(20)24/h5-16H,4,17H2,1-3H3,(H,29,33). The first-order chi connectivity index (χ1) is 17.0. The number of aromatic nitrogens is 3. The van der Waals surface area contributed by atoms with Crippen molar-refractivity contribution in [3.05, 3.63) is 82.6 Å². The normalized spacial score (nSPS) is 11.2. The summed E-state index contributed by atoms with van der Waals surface area (Å²) in [6, 6.07) is 22.6. The van der Waals surface area contributed by atoms with Crippen molar-refractivity contribution in [2.75, 3.05) is 11.1 Å². The van der Waals surface area contributed by atoms with Crippen molar-refractivity contribution >= 4 is 45.5 Å². The second kappa shape index (κ2) is 10.1. The molecule has 0 spiro atoms. The molecular formula is C28H26N4OS2. The molecular weight excluding hydrogens is 472 g/mol. The van der Waals surface area contributed by atoms with E-state index >= 15 is 0 Å². The van der Waals surface area contributed by atoms with Crippen LogP contribution >= 0.6 is 23.1 Å². The smallest absolute Gasteiger partial charge is 0.234 e. The van der Waals surface area contributed by atoms with Crippen LogP contribution in [0.5, 0.6) is 0 Å². The second-order valence-electron chi connectivity index (χ2n) is 8.36. The molecule has 2 aromatic heterocycles. The van der Waals surface area contributed by atoms with E-state index in [9.17, 15) is 4.79 Å². The number of benzene rings is 3. The molecule has 176 valence electrons. The van der Waals surface area contributed by atoms with E-state index in [0.29, 0.717) is 0 Å². The maximum Gasteiger partial charge on any atom is 0.234 e. The number of hydrogen-bond acceptors (Lipinski definition) is 5. The number of carbonyl (C=O) groups is 1. The summed E-state index contributed by atoms with van der Waals surface area (Å²) in [6.45, 7) is 7.04. The molecule has 0 saturated carbocycles. The molecule has 2 heterocycles. The van der Waals surface area contributed by atoms with Crippen LogP contribution in [0.25, 0.3) is 33.3 Å². The predicted molar refractivity (Wildman–Crippen MR) is 147 cm³/mol. The van der Waals surface area contributed by atoms with Gasteiger partial charge >= 0.3 is 0 Å². The molecule has 5 rings (SSSR count). The lowest BCUT2D eigenvalue weighted by Gasteiger charge is -2.10. The number of fused-ring (bicyclic) bond motifs is 1. The Hall–Kier alpha value is -3.42. The van der Waals surface area contributed by atoms with Gasteiger partial charge in [-0.3, -0.25) is 4.79 Å². The Morgan fingerprint density at radius 2 is 1.77 bits per heavy atom. The molecule has 5 nitrogen and oxygen atoms in total. The van der Waals surface area contributed by atoms with Gasteiger partial charge in [0.2, 0.25) is 5.91 Å². The maximum atomic E-state index is 12.8. The van der Waals surface area contributed by atoms with Crippen LogP contribution in [0.15, 0.2) is 77.3 Å². The number of rotatable bonds is 7. The van der Waals surface area contributed by atoms with Gasteiger partial charge in [0.05, 0.1) is 5.75 Å². The Labute approximate surface area is 213 Å². The number of amides is 1. The van der Waals surface area contributed by atoms with Gasteiger partial charge in [-0.1, -0.05) is 78.0 Å². The van der Waals surface area contributed by atoms with E-state index in [1.807, 2.05) is 42.5 Å². The van der Waals surface area contributed by atoms with Gasteiger partial charge in [-0.05, 0) is 37.8 Å². The summed E-state index contributed by atoms with van der Waals surface area (Å²) in [4.78, 5) is 14.0. The molecule has 35 heavy (non-hydrogen) atoms. The third kappa shape index (κ3) is 4.74. The monoisotopic (exact) mass is 498 g/mol. The minimum Gasteiger partial charge on any atom is -0.325 e. The van der Waals surface area contributed by atoms with Gasteiger partial charge < -0.3 is 9.88 Å². The number of aryl methyl sites for hydroxylation is 2. The minimum atomic E-state index is -0.0646. The molecule has 5 aromatic rings. The third-order valence-electron chi connectivity index (χ3n) is 5.99. The molecule has 0 radical (unpaired) electrons. The van der Waals surface area contributed by atoms with Crippen molar-refractivity contribution in [2.45, 2.75) is 32.5 Å². The number of carbonyl (C=O) groups excluding carboxylic acids is 1.